The molecule has 0 spiro atoms. The molecule has 1 aromatic heterocycles. The van der Waals surface area contributed by atoms with Gasteiger partial charge < -0.3 is 5.32 Å². The molecule has 6 nitrogen and oxygen atoms in total. The molecule has 0 saturated carbocycles. The largest absolute Gasteiger partial charge is 0.356 e. The number of rotatable bonds is 7. The molecule has 142 valence electrons. The average molecular weight is 407 g/mol. The van der Waals surface area contributed by atoms with Gasteiger partial charge in [-0.25, -0.2) is 12.8 Å². The number of hydrogen-bond donors (Lipinski definition) is 2. The normalized spacial score (nSPS) is 11.6. The lowest BCUT2D eigenvalue weighted by Crippen LogP contribution is -2.22. The third-order valence-electron chi connectivity index (χ3n) is 3.79. The lowest BCUT2D eigenvalue weighted by molar-refractivity contribution is 0.593. The first kappa shape index (κ1) is 19.2. The number of nitrogens with one attached hydrogen (secondary N) is 2. The fourth-order valence-corrected chi connectivity index (χ4v) is 3.60. The second-order valence-corrected chi connectivity index (χ2v) is 9.38. The molecule has 27 heavy (non-hydrogen) atoms. The van der Waals surface area contributed by atoms with Crippen molar-refractivity contribution in [1.29, 1.82) is 0 Å². The highest BCUT2D eigenvalue weighted by atomic mass is 32.2. The number of benzene rings is 2. The molecule has 0 aliphatic rings. The second-order valence-electron chi connectivity index (χ2n) is 6.17. The third kappa shape index (κ3) is 5.01. The first-order chi connectivity index (χ1) is 12.8. The van der Waals surface area contributed by atoms with E-state index in [1.165, 1.54) is 23.5 Å². The predicted molar refractivity (Wildman–Crippen MR) is 107 cm³/mol. The van der Waals surface area contributed by atoms with Crippen molar-refractivity contribution in [2.24, 2.45) is 0 Å². The first-order valence-corrected chi connectivity index (χ1v) is 10.6. The van der Waals surface area contributed by atoms with E-state index in [1.54, 1.807) is 38.1 Å². The second kappa shape index (κ2) is 8.01. The van der Waals surface area contributed by atoms with Crippen LogP contribution >= 0.6 is 11.3 Å². The molecule has 0 radical (unpaired) electrons. The van der Waals surface area contributed by atoms with E-state index in [2.05, 4.69) is 20.2 Å². The summed E-state index contributed by atoms with van der Waals surface area (Å²) in [5.41, 5.74) is 2.31. The summed E-state index contributed by atoms with van der Waals surface area (Å²) in [7, 11) is -3.35. The molecular formula is C18H19FN4O2S2. The quantitative estimate of drug-likeness (QED) is 0.617. The Kier molecular flexibility index (Phi) is 5.71. The van der Waals surface area contributed by atoms with Gasteiger partial charge in [-0.3, -0.25) is 4.72 Å². The summed E-state index contributed by atoms with van der Waals surface area (Å²) in [6.45, 7) is 3.78. The number of halogens is 1. The summed E-state index contributed by atoms with van der Waals surface area (Å²) in [6.07, 6.45) is 0. The van der Waals surface area contributed by atoms with E-state index in [4.69, 9.17) is 0 Å². The Morgan fingerprint density at radius 2 is 1.70 bits per heavy atom. The third-order valence-corrected chi connectivity index (χ3v) is 6.49. The molecule has 2 aromatic carbocycles. The zero-order chi connectivity index (χ0) is 19.4. The van der Waals surface area contributed by atoms with Crippen LogP contribution in [0.5, 0.6) is 0 Å². The van der Waals surface area contributed by atoms with Crippen molar-refractivity contribution in [1.82, 2.24) is 10.2 Å². The van der Waals surface area contributed by atoms with Crippen molar-refractivity contribution >= 4 is 32.2 Å². The van der Waals surface area contributed by atoms with Gasteiger partial charge in [-0.2, -0.15) is 0 Å². The van der Waals surface area contributed by atoms with Gasteiger partial charge >= 0.3 is 0 Å². The SMILES string of the molecule is CC(C)S(=O)(=O)Nc1ccc(CNc2nnc(-c3ccc(F)cc3)s2)cc1. The standard InChI is InChI=1S/C18H19FN4O2S2/c1-12(2)27(24,25)23-16-9-3-13(4-10-16)11-20-18-22-21-17(26-18)14-5-7-15(19)8-6-14/h3-10,12,23H,11H2,1-2H3,(H,20,22). The van der Waals surface area contributed by atoms with Crippen LogP contribution in [0.2, 0.25) is 0 Å². The van der Waals surface area contributed by atoms with Crippen LogP contribution < -0.4 is 10.0 Å². The van der Waals surface area contributed by atoms with E-state index in [-0.39, 0.29) is 5.82 Å². The summed E-state index contributed by atoms with van der Waals surface area (Å²) >= 11 is 1.38. The monoisotopic (exact) mass is 406 g/mol. The van der Waals surface area contributed by atoms with E-state index in [0.717, 1.165) is 11.1 Å². The molecule has 0 fully saturated rings. The van der Waals surface area contributed by atoms with Crippen LogP contribution in [0.3, 0.4) is 0 Å². The minimum absolute atomic E-state index is 0.291. The molecule has 3 rings (SSSR count). The minimum atomic E-state index is -3.35. The van der Waals surface area contributed by atoms with Crippen LogP contribution in [0.4, 0.5) is 15.2 Å². The smallest absolute Gasteiger partial charge is 0.235 e. The molecule has 9 heteroatoms. The molecule has 1 heterocycles. The van der Waals surface area contributed by atoms with Crippen molar-refractivity contribution in [3.8, 4) is 10.6 Å². The van der Waals surface area contributed by atoms with Crippen LogP contribution in [0.1, 0.15) is 19.4 Å². The van der Waals surface area contributed by atoms with Gasteiger partial charge in [0.2, 0.25) is 15.2 Å². The van der Waals surface area contributed by atoms with E-state index >= 15 is 0 Å². The number of anilines is 2. The van der Waals surface area contributed by atoms with Gasteiger partial charge in [-0.15, -0.1) is 10.2 Å². The Hall–Kier alpha value is -2.52. The molecule has 0 aliphatic heterocycles. The van der Waals surface area contributed by atoms with Gasteiger partial charge in [-0.1, -0.05) is 23.5 Å². The van der Waals surface area contributed by atoms with Crippen molar-refractivity contribution in [2.45, 2.75) is 25.6 Å². The molecule has 0 atom stereocenters. The Morgan fingerprint density at radius 3 is 2.33 bits per heavy atom. The minimum Gasteiger partial charge on any atom is -0.356 e. The van der Waals surface area contributed by atoms with Gasteiger partial charge in [0.05, 0.1) is 5.25 Å². The maximum atomic E-state index is 13.0. The number of hydrogen-bond acceptors (Lipinski definition) is 6. The summed E-state index contributed by atoms with van der Waals surface area (Å²) in [4.78, 5) is 0. The maximum absolute atomic E-state index is 13.0. The highest BCUT2D eigenvalue weighted by Gasteiger charge is 2.15. The van der Waals surface area contributed by atoms with Gasteiger partial charge in [-0.05, 0) is 55.8 Å². The molecule has 0 amide bonds. The highest BCUT2D eigenvalue weighted by molar-refractivity contribution is 7.93. The first-order valence-electron chi connectivity index (χ1n) is 8.27. The lowest BCUT2D eigenvalue weighted by Gasteiger charge is -2.11. The Morgan fingerprint density at radius 1 is 1.04 bits per heavy atom. The molecule has 0 bridgehead atoms. The van der Waals surface area contributed by atoms with Crippen molar-refractivity contribution in [3.63, 3.8) is 0 Å². The molecule has 3 aromatic rings. The van der Waals surface area contributed by atoms with E-state index < -0.39 is 15.3 Å². The fourth-order valence-electron chi connectivity index (χ4n) is 2.15. The maximum Gasteiger partial charge on any atom is 0.235 e. The Labute approximate surface area is 161 Å². The number of aromatic nitrogens is 2. The number of nitrogens with zero attached hydrogens (tertiary/aromatic N) is 2. The van der Waals surface area contributed by atoms with Crippen LogP contribution in [0.15, 0.2) is 48.5 Å². The van der Waals surface area contributed by atoms with Gasteiger partial charge in [0.1, 0.15) is 10.8 Å². The summed E-state index contributed by atoms with van der Waals surface area (Å²) in [5.74, 6) is -0.291. The van der Waals surface area contributed by atoms with Crippen molar-refractivity contribution in [3.05, 3.63) is 59.9 Å². The van der Waals surface area contributed by atoms with Gasteiger partial charge in [0, 0.05) is 17.8 Å². The topological polar surface area (TPSA) is 84.0 Å². The average Bonchev–Trinajstić information content (AvgIpc) is 3.10. The lowest BCUT2D eigenvalue weighted by atomic mass is 10.2. The predicted octanol–water partition coefficient (Wildman–Crippen LogP) is 4.11. The zero-order valence-electron chi connectivity index (χ0n) is 14.8. The zero-order valence-corrected chi connectivity index (χ0v) is 16.4. The summed E-state index contributed by atoms with van der Waals surface area (Å²) in [6, 6.07) is 13.2. The molecular weight excluding hydrogens is 387 g/mol. The van der Waals surface area contributed by atoms with Crippen LogP contribution in [-0.4, -0.2) is 23.9 Å². The van der Waals surface area contributed by atoms with E-state index in [1.807, 2.05) is 12.1 Å². The Balaban J connectivity index is 1.60. The molecule has 0 aliphatic carbocycles. The van der Waals surface area contributed by atoms with Crippen LogP contribution in [0, 0.1) is 5.82 Å². The van der Waals surface area contributed by atoms with Crippen molar-refractivity contribution in [2.75, 3.05) is 10.0 Å². The van der Waals surface area contributed by atoms with Gasteiger partial charge in [0.15, 0.2) is 0 Å². The van der Waals surface area contributed by atoms with Crippen molar-refractivity contribution < 1.29 is 12.8 Å². The van der Waals surface area contributed by atoms with E-state index in [0.29, 0.717) is 22.4 Å². The summed E-state index contributed by atoms with van der Waals surface area (Å²) < 4.78 is 39.3. The van der Waals surface area contributed by atoms with Crippen LogP contribution in [0.25, 0.3) is 10.6 Å². The Bertz CT molecular complexity index is 1000. The molecule has 2 N–H and O–H groups in total. The van der Waals surface area contributed by atoms with Crippen LogP contribution in [-0.2, 0) is 16.6 Å². The molecule has 0 unspecified atom stereocenters. The van der Waals surface area contributed by atoms with E-state index in [9.17, 15) is 12.8 Å². The highest BCUT2D eigenvalue weighted by Crippen LogP contribution is 2.26. The fraction of sp³-hybridized carbons (Fsp3) is 0.222. The van der Waals surface area contributed by atoms with Gasteiger partial charge in [0.25, 0.3) is 0 Å². The molecule has 0 saturated heterocycles. The summed E-state index contributed by atoms with van der Waals surface area (Å²) in [5, 5.41) is 12.2. The number of sulfonamides is 1.